The highest BCUT2D eigenvalue weighted by Crippen LogP contribution is 2.16. The predicted molar refractivity (Wildman–Crippen MR) is 86.7 cm³/mol. The zero-order chi connectivity index (χ0) is 17.0. The number of nitro groups is 1. The first-order chi connectivity index (χ1) is 10.8. The van der Waals surface area contributed by atoms with Gasteiger partial charge >= 0.3 is 0 Å². The highest BCUT2D eigenvalue weighted by molar-refractivity contribution is 5.92. The number of hydrogen-bond donors (Lipinski definition) is 1. The molecule has 7 nitrogen and oxygen atoms in total. The third-order valence-corrected chi connectivity index (χ3v) is 3.47. The monoisotopic (exact) mass is 316 g/mol. The summed E-state index contributed by atoms with van der Waals surface area (Å²) in [6, 6.07) is 7.61. The molecule has 0 spiro atoms. The van der Waals surface area contributed by atoms with Gasteiger partial charge in [0, 0.05) is 23.9 Å². The van der Waals surface area contributed by atoms with Gasteiger partial charge in [0.15, 0.2) is 5.69 Å². The minimum Gasteiger partial charge on any atom is -0.346 e. The van der Waals surface area contributed by atoms with Crippen molar-refractivity contribution in [2.75, 3.05) is 0 Å². The Hall–Kier alpha value is -2.70. The summed E-state index contributed by atoms with van der Waals surface area (Å²) in [5, 5.41) is 17.9. The average molecular weight is 316 g/mol. The lowest BCUT2D eigenvalue weighted by Crippen LogP contribution is -2.43. The number of nitro benzene ring substituents is 1. The largest absolute Gasteiger partial charge is 0.346 e. The highest BCUT2D eigenvalue weighted by Gasteiger charge is 2.21. The zero-order valence-electron chi connectivity index (χ0n) is 13.4. The van der Waals surface area contributed by atoms with Gasteiger partial charge in [-0.3, -0.25) is 14.9 Å². The van der Waals surface area contributed by atoms with Crippen LogP contribution in [-0.4, -0.2) is 26.1 Å². The number of rotatable bonds is 6. The number of carbonyl (C=O) groups is 1. The Balaban J connectivity index is 2.14. The third kappa shape index (κ3) is 4.15. The van der Waals surface area contributed by atoms with E-state index < -0.39 is 4.92 Å². The lowest BCUT2D eigenvalue weighted by atomic mass is 9.99. The fourth-order valence-corrected chi connectivity index (χ4v) is 2.37. The second kappa shape index (κ2) is 6.60. The number of hydrogen-bond acceptors (Lipinski definition) is 4. The molecule has 0 aliphatic rings. The van der Waals surface area contributed by atoms with Gasteiger partial charge in [-0.25, -0.2) is 4.68 Å². The number of nitrogens with one attached hydrogen (secondary N) is 1. The van der Waals surface area contributed by atoms with E-state index in [0.717, 1.165) is 12.8 Å². The van der Waals surface area contributed by atoms with E-state index in [2.05, 4.69) is 17.3 Å². The second-order valence-corrected chi connectivity index (χ2v) is 6.01. The van der Waals surface area contributed by atoms with Crippen molar-refractivity contribution >= 4 is 11.6 Å². The topological polar surface area (TPSA) is 90.1 Å². The lowest BCUT2D eigenvalue weighted by Gasteiger charge is -2.25. The molecule has 0 atom stereocenters. The number of amides is 1. The summed E-state index contributed by atoms with van der Waals surface area (Å²) in [4.78, 5) is 22.4. The fourth-order valence-electron chi connectivity index (χ4n) is 2.37. The Bertz CT molecular complexity index is 704. The molecule has 0 aliphatic carbocycles. The molecule has 2 rings (SSSR count). The molecule has 1 amide bonds. The van der Waals surface area contributed by atoms with E-state index in [1.165, 1.54) is 16.8 Å². The van der Waals surface area contributed by atoms with Crippen LogP contribution in [0.2, 0.25) is 0 Å². The molecule has 1 aromatic heterocycles. The molecular formula is C16H20N4O3. The second-order valence-electron chi connectivity index (χ2n) is 6.01. The molecule has 0 unspecified atom stereocenters. The lowest BCUT2D eigenvalue weighted by molar-refractivity contribution is -0.384. The van der Waals surface area contributed by atoms with E-state index in [9.17, 15) is 14.9 Å². The van der Waals surface area contributed by atoms with Crippen LogP contribution in [0.5, 0.6) is 0 Å². The molecule has 122 valence electrons. The Morgan fingerprint density at radius 2 is 1.96 bits per heavy atom. The van der Waals surface area contributed by atoms with E-state index in [0.29, 0.717) is 11.4 Å². The highest BCUT2D eigenvalue weighted by atomic mass is 16.6. The Labute approximate surface area is 134 Å². The van der Waals surface area contributed by atoms with Crippen molar-refractivity contribution in [2.24, 2.45) is 0 Å². The van der Waals surface area contributed by atoms with Gasteiger partial charge < -0.3 is 5.32 Å². The first-order valence-electron chi connectivity index (χ1n) is 7.45. The number of non-ortho nitro benzene ring substituents is 1. The van der Waals surface area contributed by atoms with Crippen molar-refractivity contribution in [3.8, 4) is 5.69 Å². The maximum Gasteiger partial charge on any atom is 0.272 e. The van der Waals surface area contributed by atoms with Gasteiger partial charge in [-0.15, -0.1) is 0 Å². The predicted octanol–water partition coefficient (Wildman–Crippen LogP) is 3.09. The van der Waals surface area contributed by atoms with Gasteiger partial charge in [-0.1, -0.05) is 13.3 Å². The zero-order valence-corrected chi connectivity index (χ0v) is 13.4. The normalized spacial score (nSPS) is 11.3. The molecule has 0 fully saturated rings. The summed E-state index contributed by atoms with van der Waals surface area (Å²) in [5.74, 6) is -0.232. The summed E-state index contributed by atoms with van der Waals surface area (Å²) >= 11 is 0. The van der Waals surface area contributed by atoms with Crippen LogP contribution < -0.4 is 5.32 Å². The minimum atomic E-state index is -0.457. The van der Waals surface area contributed by atoms with Crippen LogP contribution in [0.4, 0.5) is 5.69 Å². The maximum absolute atomic E-state index is 12.2. The maximum atomic E-state index is 12.2. The van der Waals surface area contributed by atoms with Gasteiger partial charge in [0.2, 0.25) is 0 Å². The summed E-state index contributed by atoms with van der Waals surface area (Å²) in [5.41, 5.74) is 0.693. The van der Waals surface area contributed by atoms with E-state index in [1.54, 1.807) is 24.4 Å². The van der Waals surface area contributed by atoms with Crippen molar-refractivity contribution in [3.63, 3.8) is 0 Å². The van der Waals surface area contributed by atoms with Gasteiger partial charge in [0.1, 0.15) is 0 Å². The first kappa shape index (κ1) is 16.7. The van der Waals surface area contributed by atoms with Gasteiger partial charge in [0.25, 0.3) is 11.6 Å². The van der Waals surface area contributed by atoms with Crippen LogP contribution in [0.25, 0.3) is 5.69 Å². The number of benzene rings is 1. The van der Waals surface area contributed by atoms with Crippen molar-refractivity contribution in [1.82, 2.24) is 15.1 Å². The minimum absolute atomic E-state index is 0.0141. The molecule has 1 N–H and O–H groups in total. The van der Waals surface area contributed by atoms with Crippen LogP contribution in [-0.2, 0) is 0 Å². The standard InChI is InChI=1S/C16H20N4O3/c1-4-10-16(2,3)17-15(21)14-9-11-19(18-14)12-5-7-13(8-6-12)20(22)23/h5-9,11H,4,10H2,1-3H3,(H,17,21). The van der Waals surface area contributed by atoms with Gasteiger partial charge in [-0.05, 0) is 38.5 Å². The number of aromatic nitrogens is 2. The molecule has 1 heterocycles. The van der Waals surface area contributed by atoms with Crippen LogP contribution in [0, 0.1) is 10.1 Å². The quantitative estimate of drug-likeness (QED) is 0.655. The first-order valence-corrected chi connectivity index (χ1v) is 7.45. The van der Waals surface area contributed by atoms with Gasteiger partial charge in [-0.2, -0.15) is 5.10 Å². The summed E-state index contributed by atoms with van der Waals surface area (Å²) in [7, 11) is 0. The van der Waals surface area contributed by atoms with Crippen LogP contribution >= 0.6 is 0 Å². The smallest absolute Gasteiger partial charge is 0.272 e. The summed E-state index contributed by atoms with van der Waals surface area (Å²) in [6.07, 6.45) is 3.51. The molecule has 0 radical (unpaired) electrons. The molecule has 1 aromatic carbocycles. The van der Waals surface area contributed by atoms with E-state index >= 15 is 0 Å². The van der Waals surface area contributed by atoms with E-state index in [1.807, 2.05) is 13.8 Å². The molecule has 7 heteroatoms. The molecule has 2 aromatic rings. The molecule has 0 saturated heterocycles. The average Bonchev–Trinajstić information content (AvgIpc) is 2.96. The molecule has 0 aliphatic heterocycles. The van der Waals surface area contributed by atoms with Crippen molar-refractivity contribution in [2.45, 2.75) is 39.2 Å². The van der Waals surface area contributed by atoms with Crippen LogP contribution in [0.15, 0.2) is 36.5 Å². The van der Waals surface area contributed by atoms with E-state index in [4.69, 9.17) is 0 Å². The molecule has 0 bridgehead atoms. The Morgan fingerprint density at radius 3 is 2.52 bits per heavy atom. The van der Waals surface area contributed by atoms with Crippen LogP contribution in [0.1, 0.15) is 44.1 Å². The van der Waals surface area contributed by atoms with Crippen molar-refractivity contribution < 1.29 is 9.72 Å². The van der Waals surface area contributed by atoms with Crippen molar-refractivity contribution in [1.29, 1.82) is 0 Å². The fraction of sp³-hybridized carbons (Fsp3) is 0.375. The van der Waals surface area contributed by atoms with E-state index in [-0.39, 0.29) is 17.1 Å². The Morgan fingerprint density at radius 1 is 1.30 bits per heavy atom. The SMILES string of the molecule is CCCC(C)(C)NC(=O)c1ccn(-c2ccc([N+](=O)[O-])cc2)n1. The third-order valence-electron chi connectivity index (χ3n) is 3.47. The number of carbonyl (C=O) groups excluding carboxylic acids is 1. The van der Waals surface area contributed by atoms with Crippen LogP contribution in [0.3, 0.4) is 0 Å². The molecular weight excluding hydrogens is 296 g/mol. The number of nitrogens with zero attached hydrogens (tertiary/aromatic N) is 3. The molecule has 0 saturated carbocycles. The molecule has 23 heavy (non-hydrogen) atoms. The summed E-state index contributed by atoms with van der Waals surface area (Å²) in [6.45, 7) is 6.01. The van der Waals surface area contributed by atoms with Gasteiger partial charge in [0.05, 0.1) is 10.6 Å². The van der Waals surface area contributed by atoms with Crippen molar-refractivity contribution in [3.05, 3.63) is 52.3 Å². The Kier molecular flexibility index (Phi) is 4.78. The summed E-state index contributed by atoms with van der Waals surface area (Å²) < 4.78 is 1.52.